The minimum Gasteiger partial charge on any atom is -0.506 e. The largest absolute Gasteiger partial charge is 0.506 e. The van der Waals surface area contributed by atoms with Gasteiger partial charge in [0.2, 0.25) is 11.0 Å². The first-order chi connectivity index (χ1) is 24.4. The highest BCUT2D eigenvalue weighted by molar-refractivity contribution is 7.52. The van der Waals surface area contributed by atoms with Crippen molar-refractivity contribution in [2.45, 2.75) is 70.4 Å². The molecule has 1 fully saturated rings. The highest BCUT2D eigenvalue weighted by Crippen LogP contribution is 2.63. The number of nitrogens with one attached hydrogen (secondary N) is 2. The summed E-state index contributed by atoms with van der Waals surface area (Å²) < 4.78 is 68.8. The van der Waals surface area contributed by atoms with Gasteiger partial charge in [-0.1, -0.05) is 63.1 Å². The number of para-hydroxylation sites is 1. The van der Waals surface area contributed by atoms with E-state index in [-0.39, 0.29) is 40.8 Å². The molecule has 1 aliphatic carbocycles. The number of aromatic nitrogens is 3. The smallest absolute Gasteiger partial charge is 0.459 e. The fraction of sp³-hybridized carbons (Fsp3) is 0.400. The fourth-order valence-electron chi connectivity index (χ4n) is 6.05. The van der Waals surface area contributed by atoms with Crippen LogP contribution in [-0.4, -0.2) is 56.6 Å². The van der Waals surface area contributed by atoms with E-state index in [1.807, 2.05) is 13.8 Å². The Morgan fingerprint density at radius 1 is 1.12 bits per heavy atom. The number of fused-ring (bicyclic) bond motifs is 2. The molecule has 4 aromatic rings. The van der Waals surface area contributed by atoms with Gasteiger partial charge in [-0.05, 0) is 55.6 Å². The van der Waals surface area contributed by atoms with Crippen LogP contribution in [0.3, 0.4) is 0 Å². The first kappa shape index (κ1) is 36.6. The van der Waals surface area contributed by atoms with E-state index in [0.717, 1.165) is 12.8 Å². The summed E-state index contributed by atoms with van der Waals surface area (Å²) in [6.45, 7) is 6.78. The SMILES string of the molecule is CCC(CC)COC(=O)[C@H](C)NP(=O)(OCC1=C(O)C2(F)C(O1)[C@H]2n1ccc2c(N[C@@H](C)c3ccccc3F)nc(Cl)nc21)Oc1ccccc1. The molecule has 16 heteroatoms. The minimum absolute atomic E-state index is 0.130. The summed E-state index contributed by atoms with van der Waals surface area (Å²) in [4.78, 5) is 21.3. The predicted octanol–water partition coefficient (Wildman–Crippen LogP) is 7.99. The van der Waals surface area contributed by atoms with Gasteiger partial charge >= 0.3 is 13.7 Å². The summed E-state index contributed by atoms with van der Waals surface area (Å²) in [6.07, 6.45) is 2.06. The van der Waals surface area contributed by atoms with Gasteiger partial charge in [-0.25, -0.2) is 18.3 Å². The molecule has 6 rings (SSSR count). The van der Waals surface area contributed by atoms with E-state index in [0.29, 0.717) is 16.8 Å². The molecule has 272 valence electrons. The predicted molar refractivity (Wildman–Crippen MR) is 187 cm³/mol. The van der Waals surface area contributed by atoms with Crippen LogP contribution in [0.1, 0.15) is 58.2 Å². The number of hydrogen-bond donors (Lipinski definition) is 3. The first-order valence-corrected chi connectivity index (χ1v) is 18.6. The number of hydrogen-bond acceptors (Lipinski definition) is 10. The molecule has 0 bridgehead atoms. The van der Waals surface area contributed by atoms with Crippen LogP contribution >= 0.6 is 19.3 Å². The van der Waals surface area contributed by atoms with Crippen LogP contribution in [0.5, 0.6) is 5.75 Å². The zero-order valence-corrected chi connectivity index (χ0v) is 30.0. The van der Waals surface area contributed by atoms with Crippen molar-refractivity contribution in [3.05, 3.63) is 95.0 Å². The molecular formula is C35H39ClF2N5O7P. The van der Waals surface area contributed by atoms with E-state index in [4.69, 9.17) is 30.1 Å². The zero-order chi connectivity index (χ0) is 36.5. The molecule has 0 amide bonds. The van der Waals surface area contributed by atoms with Crippen LogP contribution in [0.4, 0.5) is 14.6 Å². The van der Waals surface area contributed by atoms with Crippen LogP contribution < -0.4 is 14.9 Å². The lowest BCUT2D eigenvalue weighted by molar-refractivity contribution is -0.146. The van der Waals surface area contributed by atoms with E-state index in [9.17, 15) is 18.9 Å². The number of nitrogens with zero attached hydrogens (tertiary/aromatic N) is 3. The Hall–Kier alpha value is -4.23. The zero-order valence-electron chi connectivity index (χ0n) is 28.4. The molecule has 1 saturated carbocycles. The summed E-state index contributed by atoms with van der Waals surface area (Å²) in [5.74, 6) is -1.40. The van der Waals surface area contributed by atoms with E-state index >= 15 is 4.39 Å². The van der Waals surface area contributed by atoms with Crippen molar-refractivity contribution in [2.24, 2.45) is 5.92 Å². The van der Waals surface area contributed by atoms with Crippen molar-refractivity contribution in [3.63, 3.8) is 0 Å². The quantitative estimate of drug-likeness (QED) is 0.0583. The van der Waals surface area contributed by atoms with Crippen LogP contribution in [0.15, 0.2) is 78.4 Å². The van der Waals surface area contributed by atoms with Crippen LogP contribution in [0.2, 0.25) is 5.28 Å². The normalized spacial score (nSPS) is 21.9. The van der Waals surface area contributed by atoms with Crippen LogP contribution in [0, 0.1) is 11.7 Å². The summed E-state index contributed by atoms with van der Waals surface area (Å²) in [6, 6.07) is 13.5. The molecule has 0 spiro atoms. The monoisotopic (exact) mass is 745 g/mol. The highest BCUT2D eigenvalue weighted by atomic mass is 35.5. The number of alkyl halides is 1. The maximum atomic E-state index is 16.4. The van der Waals surface area contributed by atoms with Gasteiger partial charge in [0.15, 0.2) is 17.6 Å². The topological polar surface area (TPSA) is 146 Å². The maximum absolute atomic E-state index is 16.4. The molecule has 2 aromatic carbocycles. The maximum Gasteiger partial charge on any atom is 0.459 e. The number of carbonyl (C=O) groups excluding carboxylic acids is 1. The first-order valence-electron chi connectivity index (χ1n) is 16.6. The Morgan fingerprint density at radius 2 is 1.82 bits per heavy atom. The van der Waals surface area contributed by atoms with Crippen molar-refractivity contribution in [1.82, 2.24) is 19.6 Å². The van der Waals surface area contributed by atoms with E-state index in [2.05, 4.69) is 20.4 Å². The third-order valence-electron chi connectivity index (χ3n) is 9.14. The fourth-order valence-corrected chi connectivity index (χ4v) is 7.66. The van der Waals surface area contributed by atoms with Gasteiger partial charge in [-0.2, -0.15) is 10.1 Å². The second-order valence-electron chi connectivity index (χ2n) is 12.6. The standard InChI is InChI=1S/C35H39ClF2N5O7P/c1-5-22(6-2)18-47-33(45)21(4)42-51(46,50-23-12-8-7-9-13-23)48-19-27-29(44)35(38)28(30(35)49-27)43-17-16-25-31(40-34(36)41-32(25)43)39-20(3)24-14-10-11-15-26(24)37/h7-17,20-22,28,30,44H,5-6,18-19H2,1-4H3,(H,42,46)(H,39,40,41)/t20-,21-,28+,30?,35?,51?/m0/s1. The minimum atomic E-state index is -4.33. The lowest BCUT2D eigenvalue weighted by atomic mass is 10.1. The van der Waals surface area contributed by atoms with Crippen LogP contribution in [-0.2, 0) is 23.4 Å². The number of aliphatic hydroxyl groups is 1. The highest BCUT2D eigenvalue weighted by Gasteiger charge is 2.78. The number of ether oxygens (including phenoxy) is 2. The van der Waals surface area contributed by atoms with Crippen molar-refractivity contribution in [1.29, 1.82) is 0 Å². The van der Waals surface area contributed by atoms with Gasteiger partial charge in [0, 0.05) is 11.8 Å². The molecule has 0 saturated heterocycles. The Labute approximate surface area is 298 Å². The molecule has 12 nitrogen and oxygen atoms in total. The molecule has 6 atom stereocenters. The summed E-state index contributed by atoms with van der Waals surface area (Å²) >= 11 is 6.26. The molecule has 1 aliphatic heterocycles. The van der Waals surface area contributed by atoms with Crippen LogP contribution in [0.25, 0.3) is 11.0 Å². The van der Waals surface area contributed by atoms with Gasteiger partial charge in [0.05, 0.1) is 18.0 Å². The van der Waals surface area contributed by atoms with Crippen molar-refractivity contribution < 1.29 is 41.8 Å². The lowest BCUT2D eigenvalue weighted by Gasteiger charge is -2.24. The summed E-state index contributed by atoms with van der Waals surface area (Å²) in [5, 5.41) is 17.2. The van der Waals surface area contributed by atoms with Gasteiger partial charge in [-0.15, -0.1) is 0 Å². The summed E-state index contributed by atoms with van der Waals surface area (Å²) in [7, 11) is -4.33. The molecule has 3 N–H and O–H groups in total. The third-order valence-corrected chi connectivity index (χ3v) is 10.9. The average Bonchev–Trinajstić information content (AvgIpc) is 3.33. The molecule has 3 heterocycles. The van der Waals surface area contributed by atoms with E-state index < -0.39 is 56.0 Å². The third kappa shape index (κ3) is 7.41. The number of halogens is 3. The molecule has 51 heavy (non-hydrogen) atoms. The second kappa shape index (κ2) is 14.8. The number of rotatable bonds is 16. The molecular weight excluding hydrogens is 707 g/mol. The van der Waals surface area contributed by atoms with Gasteiger partial charge in [0.25, 0.3) is 0 Å². The molecule has 2 aliphatic rings. The molecule has 3 unspecified atom stereocenters. The van der Waals surface area contributed by atoms with Crippen molar-refractivity contribution in [2.75, 3.05) is 18.5 Å². The Morgan fingerprint density at radius 3 is 2.49 bits per heavy atom. The van der Waals surface area contributed by atoms with Crippen molar-refractivity contribution in [3.8, 4) is 5.75 Å². The Bertz CT molecular complexity index is 1980. The molecule has 0 radical (unpaired) electrons. The van der Waals surface area contributed by atoms with Gasteiger partial charge in [-0.3, -0.25) is 9.32 Å². The number of anilines is 1. The average molecular weight is 746 g/mol. The number of aliphatic hydroxyl groups excluding tert-OH is 1. The van der Waals surface area contributed by atoms with Crippen molar-refractivity contribution >= 4 is 42.2 Å². The van der Waals surface area contributed by atoms with Gasteiger partial charge in [0.1, 0.15) is 41.7 Å². The lowest BCUT2D eigenvalue weighted by Crippen LogP contribution is -2.36. The summed E-state index contributed by atoms with van der Waals surface area (Å²) in [5.41, 5.74) is -1.68. The molecule has 2 aromatic heterocycles. The second-order valence-corrected chi connectivity index (χ2v) is 14.6. The number of carbonyl (C=O) groups is 1. The van der Waals surface area contributed by atoms with Gasteiger partial charge < -0.3 is 29.0 Å². The van der Waals surface area contributed by atoms with E-state index in [1.54, 1.807) is 67.7 Å². The Balaban J connectivity index is 1.18. The number of esters is 1. The Kier molecular flexibility index (Phi) is 10.6. The van der Waals surface area contributed by atoms with E-state index in [1.165, 1.54) is 17.6 Å². The number of benzene rings is 2.